The molecule has 0 aromatic heterocycles. The van der Waals surface area contributed by atoms with E-state index in [1.807, 2.05) is 6.92 Å². The van der Waals surface area contributed by atoms with E-state index in [4.69, 9.17) is 75.8 Å². The molecule has 0 saturated carbocycles. The van der Waals surface area contributed by atoms with Gasteiger partial charge in [-0.25, -0.2) is 0 Å². The summed E-state index contributed by atoms with van der Waals surface area (Å²) in [6, 6.07) is 0. The van der Waals surface area contributed by atoms with Crippen LogP contribution in [0.5, 0.6) is 0 Å². The topological polar surface area (TPSA) is 269 Å². The van der Waals surface area contributed by atoms with E-state index in [1.54, 1.807) is 13.2 Å². The Balaban J connectivity index is 0.692. The summed E-state index contributed by atoms with van der Waals surface area (Å²) in [7, 11) is 1.56. The minimum Gasteiger partial charge on any atom is -0.391 e. The van der Waals surface area contributed by atoms with Gasteiger partial charge in [0.2, 0.25) is 0 Å². The fraction of sp³-hybridized carbons (Fsp3) is 0.917. The fourth-order valence-corrected chi connectivity index (χ4v) is 10.1. The standard InChI is InChI=1S/C48H78O22/c1-5-7-8-27-10-30(18-56-25(27)3)66-44-37(51)12-31(20-59-44)67-45-38(52)13-32(21-60-45)68-46-39(53)14-33(22-61-46)69-47-40(54)15-34(23-62-47)70-48-41(55-4)16-35(24-63-48)64-42-26(6-2)9-29(19-58-42)65-43-36(50)11-28(49)17-57-43/h6,8,25-26,28-54H,2,5,7,9-24H2,1,3-4H3/b27-8+/t25?,26-,28+,29?,30?,31?,32?,33+,34?,35+,36?,37?,38-,39?,40-,41?,42?,43?,44?,45-,46-,47?,48?/m1/s1. The third-order valence-electron chi connectivity index (χ3n) is 14.0. The molecule has 22 heteroatoms. The summed E-state index contributed by atoms with van der Waals surface area (Å²) in [6.07, 6.45) is -6.84. The second-order valence-corrected chi connectivity index (χ2v) is 19.8. The minimum atomic E-state index is -1.08. The molecule has 0 aliphatic carbocycles. The van der Waals surface area contributed by atoms with Gasteiger partial charge in [0.1, 0.15) is 36.6 Å². The van der Waals surface area contributed by atoms with Gasteiger partial charge in [0.15, 0.2) is 44.0 Å². The molecule has 23 atom stereocenters. The number of aliphatic hydroxyl groups is 6. The normalized spacial score (nSPS) is 47.2. The van der Waals surface area contributed by atoms with Gasteiger partial charge in [-0.2, -0.15) is 0 Å². The van der Waals surface area contributed by atoms with Gasteiger partial charge in [-0.15, -0.1) is 6.58 Å². The smallest absolute Gasteiger partial charge is 0.184 e. The summed E-state index contributed by atoms with van der Waals surface area (Å²) in [4.78, 5) is 0. The first-order valence-corrected chi connectivity index (χ1v) is 25.3. The Kier molecular flexibility index (Phi) is 20.7. The summed E-state index contributed by atoms with van der Waals surface area (Å²) >= 11 is 0. The summed E-state index contributed by atoms with van der Waals surface area (Å²) in [6.45, 7) is 9.43. The molecule has 22 nitrogen and oxygen atoms in total. The van der Waals surface area contributed by atoms with Crippen molar-refractivity contribution >= 4 is 0 Å². The molecule has 8 heterocycles. The van der Waals surface area contributed by atoms with Crippen molar-refractivity contribution in [3.63, 3.8) is 0 Å². The van der Waals surface area contributed by atoms with E-state index in [2.05, 4.69) is 19.6 Å². The van der Waals surface area contributed by atoms with Gasteiger partial charge in [0, 0.05) is 51.6 Å². The van der Waals surface area contributed by atoms with Gasteiger partial charge in [-0.3, -0.25) is 0 Å². The molecular formula is C48H78O22. The SMILES string of the molecule is C=C[C@@H]1CC(OC2OC[C@@H](O)CC2O)COC1O[C@@H]1COC(OC2COC(O[C@@H]3CO[C@H](OC4CO[C@H](OC5COC(OC6COC(C)/C(=C/CCC)C6)C(O)C5)[C@H](O)C4)C(O)C3)[C@H](O)C2)C(OC)C1. The summed E-state index contributed by atoms with van der Waals surface area (Å²) in [5.74, 6) is -0.206. The minimum absolute atomic E-state index is 0.0407. The number of hydrogen-bond acceptors (Lipinski definition) is 22. The van der Waals surface area contributed by atoms with Crippen molar-refractivity contribution in [1.29, 1.82) is 0 Å². The maximum Gasteiger partial charge on any atom is 0.184 e. The highest BCUT2D eigenvalue weighted by Gasteiger charge is 2.45. The Bertz CT molecular complexity index is 1610. The molecule has 70 heavy (non-hydrogen) atoms. The molecule has 0 amide bonds. The number of hydrogen-bond donors (Lipinski definition) is 6. The number of unbranched alkanes of at least 4 members (excludes halogenated alkanes) is 1. The van der Waals surface area contributed by atoms with Crippen LogP contribution in [0.2, 0.25) is 0 Å². The largest absolute Gasteiger partial charge is 0.391 e. The van der Waals surface area contributed by atoms with Crippen LogP contribution in [0, 0.1) is 5.92 Å². The predicted molar refractivity (Wildman–Crippen MR) is 238 cm³/mol. The highest BCUT2D eigenvalue weighted by Crippen LogP contribution is 2.34. The molecule has 0 radical (unpaired) electrons. The molecule has 0 aromatic carbocycles. The monoisotopic (exact) mass is 1010 g/mol. The molecule has 8 rings (SSSR count). The number of ether oxygens (including phenoxy) is 16. The van der Waals surface area contributed by atoms with Crippen molar-refractivity contribution in [3.05, 3.63) is 24.3 Å². The highest BCUT2D eigenvalue weighted by molar-refractivity contribution is 5.11. The number of rotatable bonds is 18. The lowest BCUT2D eigenvalue weighted by Gasteiger charge is -2.42. The van der Waals surface area contributed by atoms with Crippen molar-refractivity contribution in [2.75, 3.05) is 60.0 Å². The highest BCUT2D eigenvalue weighted by atomic mass is 16.8. The van der Waals surface area contributed by atoms with Gasteiger partial charge >= 0.3 is 0 Å². The van der Waals surface area contributed by atoms with Crippen molar-refractivity contribution in [1.82, 2.24) is 0 Å². The zero-order valence-electron chi connectivity index (χ0n) is 40.6. The van der Waals surface area contributed by atoms with Crippen LogP contribution in [0.1, 0.15) is 78.1 Å². The van der Waals surface area contributed by atoms with Gasteiger partial charge in [0.25, 0.3) is 0 Å². The Morgan fingerprint density at radius 1 is 0.471 bits per heavy atom. The second kappa shape index (κ2) is 26.4. The summed E-state index contributed by atoms with van der Waals surface area (Å²) in [5, 5.41) is 63.8. The van der Waals surface area contributed by atoms with Crippen molar-refractivity contribution in [3.8, 4) is 0 Å². The maximum atomic E-state index is 11.0. The van der Waals surface area contributed by atoms with Gasteiger partial charge in [-0.1, -0.05) is 25.5 Å². The van der Waals surface area contributed by atoms with E-state index in [1.165, 1.54) is 5.57 Å². The van der Waals surface area contributed by atoms with Gasteiger partial charge in [0.05, 0.1) is 108 Å². The number of methoxy groups -OCH3 is 1. The average molecular weight is 1010 g/mol. The Labute approximate surface area is 409 Å². The van der Waals surface area contributed by atoms with E-state index >= 15 is 0 Å². The Morgan fingerprint density at radius 3 is 1.29 bits per heavy atom. The zero-order chi connectivity index (χ0) is 49.3. The molecule has 15 unspecified atom stereocenters. The third kappa shape index (κ3) is 14.9. The number of allylic oxidation sites excluding steroid dienone is 1. The van der Waals surface area contributed by atoms with Crippen molar-refractivity contribution in [2.45, 2.75) is 214 Å². The van der Waals surface area contributed by atoms with Crippen LogP contribution in [-0.4, -0.2) is 226 Å². The van der Waals surface area contributed by atoms with Crippen LogP contribution in [0.25, 0.3) is 0 Å². The lowest BCUT2D eigenvalue weighted by atomic mass is 9.98. The first-order chi connectivity index (χ1) is 33.8. The van der Waals surface area contributed by atoms with Crippen LogP contribution in [-0.2, 0) is 75.8 Å². The van der Waals surface area contributed by atoms with Crippen LogP contribution in [0.4, 0.5) is 0 Å². The van der Waals surface area contributed by atoms with E-state index in [-0.39, 0.29) is 109 Å². The van der Waals surface area contributed by atoms with Crippen molar-refractivity contribution in [2.24, 2.45) is 5.92 Å². The molecular weight excluding hydrogens is 929 g/mol. The molecule has 0 spiro atoms. The maximum absolute atomic E-state index is 11.0. The molecule has 8 aliphatic heterocycles. The molecule has 0 bridgehead atoms. The van der Waals surface area contributed by atoms with E-state index in [0.717, 1.165) is 19.3 Å². The zero-order valence-corrected chi connectivity index (χ0v) is 40.6. The van der Waals surface area contributed by atoms with E-state index in [0.29, 0.717) is 19.4 Å². The first-order valence-electron chi connectivity index (χ1n) is 25.3. The third-order valence-corrected chi connectivity index (χ3v) is 14.0. The van der Waals surface area contributed by atoms with Crippen molar-refractivity contribution < 1.29 is 106 Å². The Morgan fingerprint density at radius 2 is 0.843 bits per heavy atom. The summed E-state index contributed by atoms with van der Waals surface area (Å²) in [5.41, 5.74) is 1.19. The van der Waals surface area contributed by atoms with Crippen LogP contribution < -0.4 is 0 Å². The molecule has 8 saturated heterocycles. The first kappa shape index (κ1) is 54.8. The lowest BCUT2D eigenvalue weighted by molar-refractivity contribution is -0.331. The number of aliphatic hydroxyl groups excluding tert-OH is 6. The van der Waals surface area contributed by atoms with Crippen LogP contribution in [0.3, 0.4) is 0 Å². The van der Waals surface area contributed by atoms with Crippen LogP contribution >= 0.6 is 0 Å². The molecule has 6 N–H and O–H groups in total. The van der Waals surface area contributed by atoms with E-state index in [9.17, 15) is 30.6 Å². The lowest BCUT2D eigenvalue weighted by Crippen LogP contribution is -2.53. The Hall–Kier alpha value is -1.40. The molecule has 8 fully saturated rings. The molecule has 0 aromatic rings. The predicted octanol–water partition coefficient (Wildman–Crippen LogP) is 0.426. The molecule has 402 valence electrons. The van der Waals surface area contributed by atoms with Crippen LogP contribution in [0.15, 0.2) is 24.3 Å². The van der Waals surface area contributed by atoms with E-state index < -0.39 is 111 Å². The fourth-order valence-electron chi connectivity index (χ4n) is 10.1. The summed E-state index contributed by atoms with van der Waals surface area (Å²) < 4.78 is 95.4. The second-order valence-electron chi connectivity index (χ2n) is 19.8. The average Bonchev–Trinajstić information content (AvgIpc) is 3.34. The van der Waals surface area contributed by atoms with Gasteiger partial charge in [-0.05, 0) is 31.8 Å². The molecule has 8 aliphatic rings. The van der Waals surface area contributed by atoms with Gasteiger partial charge < -0.3 is 106 Å². The quantitative estimate of drug-likeness (QED) is 0.102.